The Balaban J connectivity index is 2.50. The van der Waals surface area contributed by atoms with Crippen molar-refractivity contribution in [2.24, 2.45) is 0 Å². The molecule has 0 N–H and O–H groups in total. The second-order valence-electron chi connectivity index (χ2n) is 2.33. The van der Waals surface area contributed by atoms with Gasteiger partial charge in [0.05, 0.1) is 26.2 Å². The summed E-state index contributed by atoms with van der Waals surface area (Å²) < 4.78 is 9.64. The van der Waals surface area contributed by atoms with Crippen LogP contribution in [0.3, 0.4) is 0 Å². The molecule has 0 saturated carbocycles. The minimum atomic E-state index is 0.372. The summed E-state index contributed by atoms with van der Waals surface area (Å²) in [5, 5.41) is 0. The molecule has 0 aliphatic heterocycles. The van der Waals surface area contributed by atoms with Crippen LogP contribution in [0, 0.1) is 7.11 Å². The van der Waals surface area contributed by atoms with Crippen molar-refractivity contribution < 1.29 is 9.15 Å². The lowest BCUT2D eigenvalue weighted by Gasteiger charge is -2.05. The molecule has 1 radical (unpaired) electrons. The van der Waals surface area contributed by atoms with E-state index in [1.54, 1.807) is 12.5 Å². The molecule has 1 heterocycles. The summed E-state index contributed by atoms with van der Waals surface area (Å²) >= 11 is 0. The number of hydrogen-bond donors (Lipinski definition) is 0. The van der Waals surface area contributed by atoms with Gasteiger partial charge in [0.2, 0.25) is 0 Å². The summed E-state index contributed by atoms with van der Waals surface area (Å²) in [5.41, 5.74) is 1.16. The maximum atomic E-state index is 4.91. The van der Waals surface area contributed by atoms with Gasteiger partial charge in [-0.15, -0.1) is 0 Å². The number of furan rings is 1. The largest absolute Gasteiger partial charge is 0.472 e. The third-order valence-electron chi connectivity index (χ3n) is 1.48. The smallest absolute Gasteiger partial charge is 0.0938 e. The van der Waals surface area contributed by atoms with Crippen LogP contribution in [0.25, 0.3) is 0 Å². The molecular formula is C8H11O2. The first-order valence-electron chi connectivity index (χ1n) is 3.23. The topological polar surface area (TPSA) is 22.4 Å². The van der Waals surface area contributed by atoms with Crippen LogP contribution < -0.4 is 0 Å². The van der Waals surface area contributed by atoms with Crippen molar-refractivity contribution in [1.29, 1.82) is 0 Å². The zero-order chi connectivity index (χ0) is 7.40. The molecule has 1 rings (SSSR count). The maximum Gasteiger partial charge on any atom is 0.0938 e. The summed E-state index contributed by atoms with van der Waals surface area (Å²) in [6.45, 7) is 2.70. The minimum absolute atomic E-state index is 0.372. The van der Waals surface area contributed by atoms with Crippen LogP contribution in [0.2, 0.25) is 0 Å². The highest BCUT2D eigenvalue weighted by molar-refractivity contribution is 5.10. The molecule has 0 bridgehead atoms. The average molecular weight is 139 g/mol. The molecule has 10 heavy (non-hydrogen) atoms. The molecule has 1 unspecified atom stereocenters. The van der Waals surface area contributed by atoms with E-state index in [0.717, 1.165) is 5.56 Å². The van der Waals surface area contributed by atoms with Gasteiger partial charge in [-0.05, 0) is 11.6 Å². The first-order valence-corrected chi connectivity index (χ1v) is 3.23. The van der Waals surface area contributed by atoms with Crippen LogP contribution in [-0.4, -0.2) is 6.61 Å². The second-order valence-corrected chi connectivity index (χ2v) is 2.33. The SMILES string of the molecule is [CH2]OCC(C)c1ccoc1. The molecule has 0 amide bonds. The highest BCUT2D eigenvalue weighted by Gasteiger charge is 2.04. The van der Waals surface area contributed by atoms with E-state index in [0.29, 0.717) is 12.5 Å². The van der Waals surface area contributed by atoms with Gasteiger partial charge in [0, 0.05) is 5.92 Å². The van der Waals surface area contributed by atoms with Gasteiger partial charge in [0.1, 0.15) is 0 Å². The Kier molecular flexibility index (Phi) is 2.51. The summed E-state index contributed by atoms with van der Waals surface area (Å²) in [4.78, 5) is 0. The van der Waals surface area contributed by atoms with Crippen LogP contribution in [0.15, 0.2) is 23.0 Å². The van der Waals surface area contributed by atoms with E-state index in [1.807, 2.05) is 6.07 Å². The van der Waals surface area contributed by atoms with Crippen molar-refractivity contribution in [3.63, 3.8) is 0 Å². The zero-order valence-electron chi connectivity index (χ0n) is 6.04. The van der Waals surface area contributed by atoms with E-state index >= 15 is 0 Å². The Morgan fingerprint density at radius 2 is 2.60 bits per heavy atom. The van der Waals surface area contributed by atoms with Crippen molar-refractivity contribution in [3.8, 4) is 0 Å². The third-order valence-corrected chi connectivity index (χ3v) is 1.48. The minimum Gasteiger partial charge on any atom is -0.472 e. The van der Waals surface area contributed by atoms with Gasteiger partial charge < -0.3 is 9.15 Å². The van der Waals surface area contributed by atoms with Crippen LogP contribution >= 0.6 is 0 Å². The first kappa shape index (κ1) is 7.35. The number of hydrogen-bond acceptors (Lipinski definition) is 2. The Hall–Kier alpha value is -0.760. The Morgan fingerprint density at radius 3 is 3.10 bits per heavy atom. The van der Waals surface area contributed by atoms with Crippen molar-refractivity contribution in [1.82, 2.24) is 0 Å². The Labute approximate surface area is 60.8 Å². The molecular weight excluding hydrogens is 128 g/mol. The monoisotopic (exact) mass is 139 g/mol. The lowest BCUT2D eigenvalue weighted by molar-refractivity contribution is 0.225. The molecule has 1 aromatic heterocycles. The molecule has 0 aliphatic carbocycles. The second kappa shape index (κ2) is 3.42. The van der Waals surface area contributed by atoms with E-state index in [9.17, 15) is 0 Å². The highest BCUT2D eigenvalue weighted by atomic mass is 16.5. The predicted molar refractivity (Wildman–Crippen MR) is 38.4 cm³/mol. The van der Waals surface area contributed by atoms with Crippen molar-refractivity contribution in [2.45, 2.75) is 12.8 Å². The van der Waals surface area contributed by atoms with Gasteiger partial charge in [0.25, 0.3) is 0 Å². The Morgan fingerprint density at radius 1 is 1.80 bits per heavy atom. The quantitative estimate of drug-likeness (QED) is 0.640. The molecule has 0 aliphatic rings. The van der Waals surface area contributed by atoms with Crippen LogP contribution in [0.1, 0.15) is 18.4 Å². The molecule has 0 saturated heterocycles. The van der Waals surface area contributed by atoms with E-state index in [-0.39, 0.29) is 0 Å². The summed E-state index contributed by atoms with van der Waals surface area (Å²) in [6.07, 6.45) is 3.39. The zero-order valence-corrected chi connectivity index (χ0v) is 6.04. The average Bonchev–Trinajstić information content (AvgIpc) is 2.38. The lowest BCUT2D eigenvalue weighted by atomic mass is 10.1. The third kappa shape index (κ3) is 1.61. The van der Waals surface area contributed by atoms with Crippen LogP contribution in [0.4, 0.5) is 0 Å². The molecule has 2 nitrogen and oxygen atoms in total. The van der Waals surface area contributed by atoms with Gasteiger partial charge >= 0.3 is 0 Å². The highest BCUT2D eigenvalue weighted by Crippen LogP contribution is 2.14. The van der Waals surface area contributed by atoms with Gasteiger partial charge in [-0.2, -0.15) is 0 Å². The van der Waals surface area contributed by atoms with Gasteiger partial charge in [-0.1, -0.05) is 6.92 Å². The van der Waals surface area contributed by atoms with E-state index in [1.165, 1.54) is 0 Å². The normalized spacial score (nSPS) is 13.4. The fourth-order valence-corrected chi connectivity index (χ4v) is 0.828. The fourth-order valence-electron chi connectivity index (χ4n) is 0.828. The van der Waals surface area contributed by atoms with Crippen LogP contribution in [0.5, 0.6) is 0 Å². The molecule has 1 aromatic rings. The van der Waals surface area contributed by atoms with Gasteiger partial charge in [0.15, 0.2) is 0 Å². The standard InChI is InChI=1S/C8H11O2/c1-7(5-9-2)8-3-4-10-6-8/h3-4,6-7H,2,5H2,1H3. The molecule has 2 heteroatoms. The molecule has 1 atom stereocenters. The predicted octanol–water partition coefficient (Wildman–Crippen LogP) is 2.19. The summed E-state index contributed by atoms with van der Waals surface area (Å²) in [6, 6.07) is 1.93. The molecule has 0 fully saturated rings. The molecule has 0 spiro atoms. The summed E-state index contributed by atoms with van der Waals surface area (Å²) in [5.74, 6) is 0.372. The first-order chi connectivity index (χ1) is 4.84. The van der Waals surface area contributed by atoms with Crippen molar-refractivity contribution >= 4 is 0 Å². The van der Waals surface area contributed by atoms with Crippen molar-refractivity contribution in [2.75, 3.05) is 6.61 Å². The summed E-state index contributed by atoms with van der Waals surface area (Å²) in [7, 11) is 3.30. The number of ether oxygens (including phenoxy) is 1. The van der Waals surface area contributed by atoms with E-state index < -0.39 is 0 Å². The van der Waals surface area contributed by atoms with E-state index in [4.69, 9.17) is 9.15 Å². The molecule has 55 valence electrons. The van der Waals surface area contributed by atoms with Gasteiger partial charge in [-0.25, -0.2) is 0 Å². The van der Waals surface area contributed by atoms with E-state index in [2.05, 4.69) is 14.0 Å². The molecule has 0 aromatic carbocycles. The number of rotatable bonds is 3. The van der Waals surface area contributed by atoms with Crippen LogP contribution in [-0.2, 0) is 4.74 Å². The Bertz CT molecular complexity index is 167. The van der Waals surface area contributed by atoms with Gasteiger partial charge in [-0.3, -0.25) is 0 Å². The lowest BCUT2D eigenvalue weighted by Crippen LogP contribution is -1.98. The maximum absolute atomic E-state index is 4.91. The van der Waals surface area contributed by atoms with Crippen molar-refractivity contribution in [3.05, 3.63) is 31.3 Å². The fraction of sp³-hybridized carbons (Fsp3) is 0.375.